The van der Waals surface area contributed by atoms with Crippen molar-refractivity contribution in [2.45, 2.75) is 18.0 Å². The molecule has 0 fully saturated rings. The predicted octanol–water partition coefficient (Wildman–Crippen LogP) is 1.21. The zero-order valence-corrected chi connectivity index (χ0v) is 12.3. The van der Waals surface area contributed by atoms with E-state index in [0.29, 0.717) is 5.69 Å². The molecule has 3 N–H and O–H groups in total. The van der Waals surface area contributed by atoms with E-state index in [2.05, 4.69) is 14.7 Å². The van der Waals surface area contributed by atoms with Crippen molar-refractivity contribution >= 4 is 21.6 Å². The second-order valence-corrected chi connectivity index (χ2v) is 6.28. The molecule has 2 rings (SSSR count). The van der Waals surface area contributed by atoms with Crippen LogP contribution in [0.5, 0.6) is 0 Å². The molecule has 0 aliphatic heterocycles. The van der Waals surface area contributed by atoms with E-state index in [1.54, 1.807) is 6.07 Å². The van der Waals surface area contributed by atoms with Crippen molar-refractivity contribution in [2.24, 2.45) is 5.73 Å². The summed E-state index contributed by atoms with van der Waals surface area (Å²) in [7, 11) is -4.07. The van der Waals surface area contributed by atoms with Gasteiger partial charge in [0.1, 0.15) is 17.0 Å². The van der Waals surface area contributed by atoms with Gasteiger partial charge in [0.05, 0.1) is 12.2 Å². The maximum atomic E-state index is 14.1. The summed E-state index contributed by atoms with van der Waals surface area (Å²) in [6.45, 7) is -0.240. The summed E-state index contributed by atoms with van der Waals surface area (Å²) in [5, 5.41) is 0.0965. The highest BCUT2D eigenvalue weighted by molar-refractivity contribution is 7.89. The lowest BCUT2D eigenvalue weighted by Gasteiger charge is -2.10. The summed E-state index contributed by atoms with van der Waals surface area (Å²) in [5.74, 6) is -0.905. The van der Waals surface area contributed by atoms with Crippen molar-refractivity contribution in [3.8, 4) is 0 Å². The van der Waals surface area contributed by atoms with Crippen molar-refractivity contribution in [2.75, 3.05) is 0 Å². The summed E-state index contributed by atoms with van der Waals surface area (Å²) in [6.07, 6.45) is 2.76. The molecular weight excluding hydrogens is 319 g/mol. The summed E-state index contributed by atoms with van der Waals surface area (Å²) in [4.78, 5) is 7.05. The number of nitrogens with one attached hydrogen (secondary N) is 1. The summed E-state index contributed by atoms with van der Waals surface area (Å²) >= 11 is 5.79. The minimum atomic E-state index is -4.07. The van der Waals surface area contributed by atoms with E-state index in [-0.39, 0.29) is 23.7 Å². The van der Waals surface area contributed by atoms with Gasteiger partial charge in [-0.05, 0) is 18.2 Å². The van der Waals surface area contributed by atoms with Crippen molar-refractivity contribution < 1.29 is 12.8 Å². The molecule has 1 heterocycles. The predicted molar refractivity (Wildman–Crippen MR) is 75.4 cm³/mol. The Bertz CT molecular complexity index is 740. The number of rotatable bonds is 5. The van der Waals surface area contributed by atoms with E-state index < -0.39 is 20.7 Å². The largest absolute Gasteiger partial charge is 0.326 e. The van der Waals surface area contributed by atoms with Gasteiger partial charge in [0.15, 0.2) is 0 Å². The monoisotopic (exact) mass is 330 g/mol. The second-order valence-electron chi connectivity index (χ2n) is 4.11. The number of benzene rings is 1. The van der Waals surface area contributed by atoms with Crippen LogP contribution in [0.1, 0.15) is 11.3 Å². The van der Waals surface area contributed by atoms with Crippen LogP contribution in [-0.4, -0.2) is 18.4 Å². The van der Waals surface area contributed by atoms with E-state index >= 15 is 0 Å². The van der Waals surface area contributed by atoms with Crippen LogP contribution in [0.25, 0.3) is 0 Å². The topological polar surface area (TPSA) is 98.0 Å². The van der Waals surface area contributed by atoms with Crippen LogP contribution >= 0.6 is 11.6 Å². The molecule has 0 atom stereocenters. The SMILES string of the molecule is NCc1cc(Cl)cc(S(=O)(=O)NCc2ccncn2)c1F. The first-order valence-electron chi connectivity index (χ1n) is 5.86. The van der Waals surface area contributed by atoms with Gasteiger partial charge in [-0.15, -0.1) is 0 Å². The highest BCUT2D eigenvalue weighted by Crippen LogP contribution is 2.23. The Labute approximate surface area is 126 Å². The van der Waals surface area contributed by atoms with Crippen LogP contribution in [0.4, 0.5) is 4.39 Å². The van der Waals surface area contributed by atoms with Crippen LogP contribution in [0.15, 0.2) is 35.6 Å². The number of hydrogen-bond acceptors (Lipinski definition) is 5. The van der Waals surface area contributed by atoms with Crippen LogP contribution in [0.2, 0.25) is 5.02 Å². The molecule has 0 saturated heterocycles. The average molecular weight is 331 g/mol. The Morgan fingerprint density at radius 2 is 2.14 bits per heavy atom. The molecule has 0 bridgehead atoms. The molecule has 9 heteroatoms. The smallest absolute Gasteiger partial charge is 0.243 e. The van der Waals surface area contributed by atoms with Crippen molar-refractivity contribution in [3.63, 3.8) is 0 Å². The van der Waals surface area contributed by atoms with Crippen molar-refractivity contribution in [3.05, 3.63) is 52.8 Å². The molecule has 0 aliphatic carbocycles. The first-order chi connectivity index (χ1) is 9.94. The molecule has 0 spiro atoms. The Hall–Kier alpha value is -1.61. The number of halogens is 2. The molecule has 0 unspecified atom stereocenters. The highest BCUT2D eigenvalue weighted by atomic mass is 35.5. The van der Waals surface area contributed by atoms with Crippen LogP contribution in [0.3, 0.4) is 0 Å². The standard InChI is InChI=1S/C12H12ClFN4O2S/c13-9-3-8(5-15)12(14)11(4-9)21(19,20)18-6-10-1-2-16-7-17-10/h1-4,7,18H,5-6,15H2. The molecule has 0 amide bonds. The van der Waals surface area contributed by atoms with E-state index in [1.165, 1.54) is 18.6 Å². The van der Waals surface area contributed by atoms with Gasteiger partial charge in [-0.1, -0.05) is 11.6 Å². The first-order valence-corrected chi connectivity index (χ1v) is 7.72. The third-order valence-corrected chi connectivity index (χ3v) is 4.29. The molecule has 1 aromatic heterocycles. The lowest BCUT2D eigenvalue weighted by atomic mass is 10.2. The molecule has 1 aromatic carbocycles. The molecular formula is C12H12ClFN4O2S. The first kappa shape index (κ1) is 15.8. The Kier molecular flexibility index (Phi) is 4.84. The summed E-state index contributed by atoms with van der Waals surface area (Å²) in [5.41, 5.74) is 5.85. The van der Waals surface area contributed by atoms with E-state index in [1.807, 2.05) is 0 Å². The minimum Gasteiger partial charge on any atom is -0.326 e. The fraction of sp³-hybridized carbons (Fsp3) is 0.167. The minimum absolute atomic E-state index is 0.0323. The average Bonchev–Trinajstić information content (AvgIpc) is 2.48. The van der Waals surface area contributed by atoms with E-state index in [0.717, 1.165) is 6.07 Å². The molecule has 0 radical (unpaired) electrons. The molecule has 2 aromatic rings. The zero-order chi connectivity index (χ0) is 15.5. The lowest BCUT2D eigenvalue weighted by molar-refractivity contribution is 0.549. The van der Waals surface area contributed by atoms with Crippen molar-refractivity contribution in [1.82, 2.24) is 14.7 Å². The van der Waals surface area contributed by atoms with E-state index in [9.17, 15) is 12.8 Å². The fourth-order valence-corrected chi connectivity index (χ4v) is 3.08. The Balaban J connectivity index is 2.30. The normalized spacial score (nSPS) is 11.6. The van der Waals surface area contributed by atoms with Gasteiger partial charge in [-0.2, -0.15) is 0 Å². The number of hydrogen-bond donors (Lipinski definition) is 2. The summed E-state index contributed by atoms with van der Waals surface area (Å²) in [6, 6.07) is 3.88. The van der Waals surface area contributed by atoms with Crippen LogP contribution < -0.4 is 10.5 Å². The second kappa shape index (κ2) is 6.44. The molecule has 6 nitrogen and oxygen atoms in total. The van der Waals surface area contributed by atoms with Gasteiger partial charge in [-0.25, -0.2) is 27.5 Å². The Morgan fingerprint density at radius 1 is 1.38 bits per heavy atom. The van der Waals surface area contributed by atoms with Crippen molar-refractivity contribution in [1.29, 1.82) is 0 Å². The lowest BCUT2D eigenvalue weighted by Crippen LogP contribution is -2.25. The zero-order valence-electron chi connectivity index (χ0n) is 10.8. The highest BCUT2D eigenvalue weighted by Gasteiger charge is 2.22. The van der Waals surface area contributed by atoms with Gasteiger partial charge in [0.2, 0.25) is 10.0 Å². The van der Waals surface area contributed by atoms with Crippen LogP contribution in [0, 0.1) is 5.82 Å². The quantitative estimate of drug-likeness (QED) is 0.858. The molecule has 0 aliphatic rings. The van der Waals surface area contributed by atoms with Gasteiger partial charge in [-0.3, -0.25) is 0 Å². The van der Waals surface area contributed by atoms with Gasteiger partial charge in [0, 0.05) is 23.3 Å². The van der Waals surface area contributed by atoms with Gasteiger partial charge in [0.25, 0.3) is 0 Å². The van der Waals surface area contributed by atoms with E-state index in [4.69, 9.17) is 17.3 Å². The molecule has 112 valence electrons. The Morgan fingerprint density at radius 3 is 2.76 bits per heavy atom. The van der Waals surface area contributed by atoms with Gasteiger partial charge < -0.3 is 5.73 Å². The summed E-state index contributed by atoms with van der Waals surface area (Å²) < 4.78 is 40.6. The van der Waals surface area contributed by atoms with Crippen LogP contribution in [-0.2, 0) is 23.1 Å². The number of nitrogens with zero attached hydrogens (tertiary/aromatic N) is 2. The maximum Gasteiger partial charge on any atom is 0.243 e. The number of nitrogens with two attached hydrogens (primary N) is 1. The van der Waals surface area contributed by atoms with Gasteiger partial charge >= 0.3 is 0 Å². The fourth-order valence-electron chi connectivity index (χ4n) is 1.63. The third-order valence-electron chi connectivity index (χ3n) is 2.68. The molecule has 21 heavy (non-hydrogen) atoms. The molecule has 0 saturated carbocycles. The number of aromatic nitrogens is 2. The third kappa shape index (κ3) is 3.73. The number of sulfonamides is 1. The maximum absolute atomic E-state index is 14.1.